The molecular weight excluding hydrogens is 236 g/mol. The molecule has 0 radical (unpaired) electrons. The molecule has 0 aromatic heterocycles. The lowest BCUT2D eigenvalue weighted by atomic mass is 9.93. The van der Waals surface area contributed by atoms with Gasteiger partial charge >= 0.3 is 0 Å². The van der Waals surface area contributed by atoms with Crippen LogP contribution in [0.1, 0.15) is 58.8 Å². The molecule has 0 aliphatic rings. The first-order valence-corrected chi connectivity index (χ1v) is 11.4. The molecule has 0 amide bonds. The van der Waals surface area contributed by atoms with Crippen LogP contribution in [0.4, 0.5) is 0 Å². The Bertz CT molecular complexity index is 218. The molecule has 0 unspecified atom stereocenters. The molecule has 18 heavy (non-hydrogen) atoms. The first-order chi connectivity index (χ1) is 8.40. The number of unbranched alkanes of at least 4 members (excludes halogenated alkanes) is 3. The van der Waals surface area contributed by atoms with Gasteiger partial charge in [-0.25, -0.2) is 0 Å². The molecule has 0 spiro atoms. The van der Waals surface area contributed by atoms with Gasteiger partial charge in [-0.15, -0.1) is 0 Å². The fraction of sp³-hybridized carbons (Fsp3) is 0.875. The van der Waals surface area contributed by atoms with Crippen molar-refractivity contribution in [2.75, 3.05) is 0 Å². The monoisotopic (exact) mass is 270 g/mol. The van der Waals surface area contributed by atoms with Crippen LogP contribution in [-0.2, 0) is 0 Å². The Morgan fingerprint density at radius 3 is 2.11 bits per heavy atom. The highest BCUT2D eigenvalue weighted by atomic mass is 28.3. The molecule has 0 bridgehead atoms. The number of aliphatic hydroxyl groups excluding tert-OH is 1. The molecule has 0 saturated heterocycles. The van der Waals surface area contributed by atoms with Gasteiger partial charge in [-0.3, -0.25) is 0 Å². The topological polar surface area (TPSA) is 20.2 Å². The van der Waals surface area contributed by atoms with E-state index in [1.54, 1.807) is 0 Å². The fourth-order valence-corrected chi connectivity index (χ4v) is 2.97. The molecule has 1 N–H and O–H groups in total. The van der Waals surface area contributed by atoms with E-state index in [9.17, 15) is 5.11 Å². The van der Waals surface area contributed by atoms with Gasteiger partial charge in [0.1, 0.15) is 0 Å². The van der Waals surface area contributed by atoms with E-state index in [4.69, 9.17) is 0 Å². The number of hydrogen-bond acceptors (Lipinski definition) is 1. The highest BCUT2D eigenvalue weighted by Gasteiger charge is 2.17. The normalized spacial score (nSPS) is 16.1. The minimum absolute atomic E-state index is 0.135. The summed E-state index contributed by atoms with van der Waals surface area (Å²) in [5, 5.41) is 10.2. The lowest BCUT2D eigenvalue weighted by molar-refractivity contribution is 0.114. The minimum atomic E-state index is -1.13. The molecule has 108 valence electrons. The van der Waals surface area contributed by atoms with Crippen LogP contribution < -0.4 is 0 Å². The fourth-order valence-electron chi connectivity index (χ4n) is 2.15. The first-order valence-electron chi connectivity index (χ1n) is 7.78. The Labute approximate surface area is 116 Å². The molecule has 2 heteroatoms. The zero-order valence-corrected chi connectivity index (χ0v) is 14.2. The largest absolute Gasteiger partial charge is 0.393 e. The molecule has 0 aromatic rings. The summed E-state index contributed by atoms with van der Waals surface area (Å²) < 4.78 is 0. The lowest BCUT2D eigenvalue weighted by Gasteiger charge is -2.21. The van der Waals surface area contributed by atoms with Crippen molar-refractivity contribution in [2.24, 2.45) is 5.92 Å². The summed E-state index contributed by atoms with van der Waals surface area (Å²) in [6.45, 7) is 11.5. The summed E-state index contributed by atoms with van der Waals surface area (Å²) >= 11 is 0. The molecule has 0 heterocycles. The second-order valence-electron chi connectivity index (χ2n) is 6.59. The Morgan fingerprint density at radius 2 is 1.61 bits per heavy atom. The Kier molecular flexibility index (Phi) is 9.75. The average Bonchev–Trinajstić information content (AvgIpc) is 2.27. The van der Waals surface area contributed by atoms with Crippen molar-refractivity contribution in [3.05, 3.63) is 11.8 Å². The number of rotatable bonds is 10. The van der Waals surface area contributed by atoms with Gasteiger partial charge in [-0.2, -0.15) is 0 Å². The molecule has 0 saturated carbocycles. The summed E-state index contributed by atoms with van der Waals surface area (Å²) in [4.78, 5) is 0. The third-order valence-electron chi connectivity index (χ3n) is 3.31. The van der Waals surface area contributed by atoms with Crippen LogP contribution >= 0.6 is 0 Å². The van der Waals surface area contributed by atoms with Crippen LogP contribution in [0.15, 0.2) is 11.8 Å². The van der Waals surface area contributed by atoms with E-state index in [1.807, 2.05) is 0 Å². The van der Waals surface area contributed by atoms with Crippen molar-refractivity contribution in [3.8, 4) is 0 Å². The number of hydrogen-bond donors (Lipinski definition) is 1. The Hall–Kier alpha value is -0.0831. The van der Waals surface area contributed by atoms with Gasteiger partial charge in [0.2, 0.25) is 0 Å². The van der Waals surface area contributed by atoms with Crippen LogP contribution in [0.3, 0.4) is 0 Å². The maximum absolute atomic E-state index is 10.2. The average molecular weight is 271 g/mol. The standard InChI is InChI=1S/C16H34OSi/c1-6-8-9-10-12-15(16(17)11-7-2)13-14-18(3,4)5/h13-17H,6-12H2,1-5H3/b14-13+/t15-,16+/m0/s1. The van der Waals surface area contributed by atoms with Crippen molar-refractivity contribution in [3.63, 3.8) is 0 Å². The van der Waals surface area contributed by atoms with Crippen molar-refractivity contribution >= 4 is 8.07 Å². The summed E-state index contributed by atoms with van der Waals surface area (Å²) in [7, 11) is -1.13. The van der Waals surface area contributed by atoms with Gasteiger partial charge in [0, 0.05) is 5.92 Å². The van der Waals surface area contributed by atoms with Crippen LogP contribution in [-0.4, -0.2) is 19.3 Å². The molecule has 0 aliphatic heterocycles. The second-order valence-corrected chi connectivity index (χ2v) is 11.7. The summed E-state index contributed by atoms with van der Waals surface area (Å²) in [6.07, 6.45) is 10.5. The van der Waals surface area contributed by atoms with Gasteiger partial charge in [-0.05, 0) is 12.8 Å². The van der Waals surface area contributed by atoms with Crippen molar-refractivity contribution in [1.29, 1.82) is 0 Å². The minimum Gasteiger partial charge on any atom is -0.393 e. The molecule has 2 atom stereocenters. The second kappa shape index (κ2) is 9.80. The molecular formula is C16H34OSi. The van der Waals surface area contributed by atoms with Gasteiger partial charge in [-0.1, -0.05) is 77.4 Å². The highest BCUT2D eigenvalue weighted by Crippen LogP contribution is 2.20. The predicted octanol–water partition coefficient (Wildman–Crippen LogP) is 5.17. The van der Waals surface area contributed by atoms with E-state index in [1.165, 1.54) is 25.7 Å². The lowest BCUT2D eigenvalue weighted by Crippen LogP contribution is -2.21. The maximum Gasteiger partial charge on any atom is 0.0683 e. The zero-order chi connectivity index (χ0) is 14.0. The molecule has 0 fully saturated rings. The Balaban J connectivity index is 4.29. The van der Waals surface area contributed by atoms with Crippen LogP contribution in [0.5, 0.6) is 0 Å². The van der Waals surface area contributed by atoms with E-state index in [0.717, 1.165) is 19.3 Å². The summed E-state index contributed by atoms with van der Waals surface area (Å²) in [5.74, 6) is 0.383. The SMILES string of the molecule is CCCCCC[C@@H](/C=C/[Si](C)(C)C)[C@H](O)CCC. The van der Waals surface area contributed by atoms with E-state index < -0.39 is 8.07 Å². The third-order valence-corrected chi connectivity index (χ3v) is 4.51. The van der Waals surface area contributed by atoms with E-state index in [-0.39, 0.29) is 6.10 Å². The first kappa shape index (κ1) is 17.9. The van der Waals surface area contributed by atoms with Gasteiger partial charge in [0.15, 0.2) is 0 Å². The van der Waals surface area contributed by atoms with E-state index in [2.05, 4.69) is 45.3 Å². The van der Waals surface area contributed by atoms with Gasteiger partial charge < -0.3 is 5.11 Å². The van der Waals surface area contributed by atoms with E-state index >= 15 is 0 Å². The van der Waals surface area contributed by atoms with Gasteiger partial charge in [0.05, 0.1) is 14.2 Å². The quantitative estimate of drug-likeness (QED) is 0.429. The molecule has 0 aromatic carbocycles. The predicted molar refractivity (Wildman–Crippen MR) is 85.6 cm³/mol. The summed E-state index contributed by atoms with van der Waals surface area (Å²) in [5.41, 5.74) is 2.40. The number of aliphatic hydroxyl groups is 1. The van der Waals surface area contributed by atoms with Crippen LogP contribution in [0.2, 0.25) is 19.6 Å². The molecule has 1 nitrogen and oxygen atoms in total. The highest BCUT2D eigenvalue weighted by molar-refractivity contribution is 6.80. The van der Waals surface area contributed by atoms with Crippen LogP contribution in [0, 0.1) is 5.92 Å². The molecule has 0 aliphatic carbocycles. The Morgan fingerprint density at radius 1 is 0.944 bits per heavy atom. The third kappa shape index (κ3) is 9.90. The molecule has 0 rings (SSSR count). The summed E-state index contributed by atoms with van der Waals surface area (Å²) in [6, 6.07) is 0. The van der Waals surface area contributed by atoms with Crippen LogP contribution in [0.25, 0.3) is 0 Å². The smallest absolute Gasteiger partial charge is 0.0683 e. The van der Waals surface area contributed by atoms with Crippen molar-refractivity contribution < 1.29 is 5.11 Å². The van der Waals surface area contributed by atoms with Crippen molar-refractivity contribution in [1.82, 2.24) is 0 Å². The van der Waals surface area contributed by atoms with Crippen molar-refractivity contribution in [2.45, 2.75) is 84.5 Å². The van der Waals surface area contributed by atoms with Gasteiger partial charge in [0.25, 0.3) is 0 Å². The maximum atomic E-state index is 10.2. The van der Waals surface area contributed by atoms with E-state index in [0.29, 0.717) is 5.92 Å². The zero-order valence-electron chi connectivity index (χ0n) is 13.2.